The first-order chi connectivity index (χ1) is 13.9. The Morgan fingerprint density at radius 1 is 1.24 bits per heavy atom. The van der Waals surface area contributed by atoms with Crippen LogP contribution < -0.4 is 10.1 Å². The quantitative estimate of drug-likeness (QED) is 0.646. The zero-order chi connectivity index (χ0) is 21.0. The van der Waals surface area contributed by atoms with Crippen LogP contribution in [-0.4, -0.2) is 48.7 Å². The SMILES string of the molecule is COC(=O)C1=C(Nc2ccc(Oc3cccc(Cl)c3)c(Cl)c2)C(=O)N(CCO)C1. The summed E-state index contributed by atoms with van der Waals surface area (Å²) in [5.74, 6) is -0.0918. The number of halogens is 2. The van der Waals surface area contributed by atoms with Crippen molar-refractivity contribution >= 4 is 40.8 Å². The minimum atomic E-state index is -0.617. The topological polar surface area (TPSA) is 88.1 Å². The largest absolute Gasteiger partial charge is 0.466 e. The highest BCUT2D eigenvalue weighted by molar-refractivity contribution is 6.32. The number of nitrogens with one attached hydrogen (secondary N) is 1. The number of methoxy groups -OCH3 is 1. The molecule has 1 aliphatic heterocycles. The molecule has 1 amide bonds. The van der Waals surface area contributed by atoms with Crippen molar-refractivity contribution in [3.8, 4) is 11.5 Å². The van der Waals surface area contributed by atoms with Gasteiger partial charge in [0.15, 0.2) is 0 Å². The van der Waals surface area contributed by atoms with Gasteiger partial charge in [-0.05, 0) is 36.4 Å². The zero-order valence-electron chi connectivity index (χ0n) is 15.4. The maximum Gasteiger partial charge on any atom is 0.337 e. The first-order valence-electron chi connectivity index (χ1n) is 8.64. The van der Waals surface area contributed by atoms with Crippen LogP contribution in [0.25, 0.3) is 0 Å². The number of aliphatic hydroxyl groups is 1. The van der Waals surface area contributed by atoms with E-state index in [0.717, 1.165) is 0 Å². The molecule has 2 aromatic rings. The predicted molar refractivity (Wildman–Crippen MR) is 109 cm³/mol. The van der Waals surface area contributed by atoms with E-state index in [4.69, 9.17) is 37.8 Å². The van der Waals surface area contributed by atoms with Crippen molar-refractivity contribution in [2.75, 3.05) is 32.1 Å². The number of carbonyl (C=O) groups excluding carboxylic acids is 2. The fraction of sp³-hybridized carbons (Fsp3) is 0.200. The van der Waals surface area contributed by atoms with Crippen LogP contribution in [0.4, 0.5) is 5.69 Å². The highest BCUT2D eigenvalue weighted by Crippen LogP contribution is 2.33. The summed E-state index contributed by atoms with van der Waals surface area (Å²) in [5.41, 5.74) is 0.759. The molecule has 1 aliphatic rings. The lowest BCUT2D eigenvalue weighted by Crippen LogP contribution is -2.31. The van der Waals surface area contributed by atoms with Gasteiger partial charge in [0.1, 0.15) is 17.2 Å². The average molecular weight is 437 g/mol. The van der Waals surface area contributed by atoms with Gasteiger partial charge in [-0.2, -0.15) is 0 Å². The molecule has 0 saturated heterocycles. The molecular weight excluding hydrogens is 419 g/mol. The van der Waals surface area contributed by atoms with Crippen molar-refractivity contribution in [3.63, 3.8) is 0 Å². The number of nitrogens with zero attached hydrogens (tertiary/aromatic N) is 1. The molecule has 0 unspecified atom stereocenters. The number of aliphatic hydroxyl groups excluding tert-OH is 1. The molecule has 0 saturated carbocycles. The third-order valence-electron chi connectivity index (χ3n) is 4.18. The number of esters is 1. The molecule has 0 aromatic heterocycles. The van der Waals surface area contributed by atoms with Crippen molar-refractivity contribution < 1.29 is 24.2 Å². The second kappa shape index (κ2) is 9.17. The Morgan fingerprint density at radius 3 is 2.69 bits per heavy atom. The summed E-state index contributed by atoms with van der Waals surface area (Å²) >= 11 is 12.3. The van der Waals surface area contributed by atoms with Gasteiger partial charge in [-0.3, -0.25) is 4.79 Å². The van der Waals surface area contributed by atoms with Crippen LogP contribution in [-0.2, 0) is 14.3 Å². The molecule has 152 valence electrons. The van der Waals surface area contributed by atoms with E-state index in [1.165, 1.54) is 12.0 Å². The van der Waals surface area contributed by atoms with Gasteiger partial charge in [0, 0.05) is 17.3 Å². The van der Waals surface area contributed by atoms with E-state index in [-0.39, 0.29) is 31.0 Å². The van der Waals surface area contributed by atoms with Crippen LogP contribution in [0.15, 0.2) is 53.7 Å². The number of rotatable bonds is 7. The highest BCUT2D eigenvalue weighted by Gasteiger charge is 2.34. The van der Waals surface area contributed by atoms with Crippen LogP contribution in [0.3, 0.4) is 0 Å². The maximum absolute atomic E-state index is 12.6. The Hall–Kier alpha value is -2.74. The lowest BCUT2D eigenvalue weighted by atomic mass is 10.2. The molecule has 0 radical (unpaired) electrons. The van der Waals surface area contributed by atoms with Gasteiger partial charge < -0.3 is 24.8 Å². The third kappa shape index (κ3) is 4.82. The van der Waals surface area contributed by atoms with Gasteiger partial charge in [0.05, 0.1) is 30.9 Å². The van der Waals surface area contributed by atoms with Crippen molar-refractivity contribution in [1.29, 1.82) is 0 Å². The molecule has 0 spiro atoms. The molecule has 1 heterocycles. The number of amides is 1. The Balaban J connectivity index is 1.82. The number of carbonyl (C=O) groups is 2. The monoisotopic (exact) mass is 436 g/mol. The Labute approximate surface area is 177 Å². The number of anilines is 1. The summed E-state index contributed by atoms with van der Waals surface area (Å²) < 4.78 is 10.5. The summed E-state index contributed by atoms with van der Waals surface area (Å²) in [6, 6.07) is 11.8. The van der Waals surface area contributed by atoms with Gasteiger partial charge in [-0.1, -0.05) is 29.3 Å². The van der Waals surface area contributed by atoms with Crippen LogP contribution in [0.5, 0.6) is 11.5 Å². The standard InChI is InChI=1S/C20H18Cl2N2O5/c1-28-20(27)15-11-24(7-8-25)19(26)18(15)23-13-5-6-17(16(22)10-13)29-14-4-2-3-12(21)9-14/h2-6,9-10,23,25H,7-8,11H2,1H3. The predicted octanol–water partition coefficient (Wildman–Crippen LogP) is 3.46. The number of benzene rings is 2. The normalized spacial score (nSPS) is 13.7. The minimum Gasteiger partial charge on any atom is -0.466 e. The van der Waals surface area contributed by atoms with E-state index in [1.807, 2.05) is 0 Å². The van der Waals surface area contributed by atoms with Crippen molar-refractivity contribution in [1.82, 2.24) is 4.90 Å². The smallest absolute Gasteiger partial charge is 0.337 e. The molecule has 0 fully saturated rings. The first kappa shape index (κ1) is 21.0. The van der Waals surface area contributed by atoms with Gasteiger partial charge in [-0.25, -0.2) is 4.79 Å². The minimum absolute atomic E-state index is 0.0537. The molecular formula is C20H18Cl2N2O5. The summed E-state index contributed by atoms with van der Waals surface area (Å²) in [6.07, 6.45) is 0. The van der Waals surface area contributed by atoms with Gasteiger partial charge >= 0.3 is 5.97 Å². The average Bonchev–Trinajstić information content (AvgIpc) is 3.00. The highest BCUT2D eigenvalue weighted by atomic mass is 35.5. The lowest BCUT2D eigenvalue weighted by Gasteiger charge is -2.15. The Morgan fingerprint density at radius 2 is 2.03 bits per heavy atom. The molecule has 9 heteroatoms. The summed E-state index contributed by atoms with van der Waals surface area (Å²) in [4.78, 5) is 26.0. The van der Waals surface area contributed by atoms with E-state index < -0.39 is 11.9 Å². The van der Waals surface area contributed by atoms with Crippen molar-refractivity contribution in [2.24, 2.45) is 0 Å². The van der Waals surface area contributed by atoms with E-state index in [9.17, 15) is 9.59 Å². The van der Waals surface area contributed by atoms with Crippen molar-refractivity contribution in [3.05, 3.63) is 63.8 Å². The Bertz CT molecular complexity index is 977. The van der Waals surface area contributed by atoms with E-state index >= 15 is 0 Å². The third-order valence-corrected chi connectivity index (χ3v) is 4.71. The van der Waals surface area contributed by atoms with Crippen LogP contribution in [0, 0.1) is 0 Å². The van der Waals surface area contributed by atoms with E-state index in [1.54, 1.807) is 42.5 Å². The van der Waals surface area contributed by atoms with E-state index in [0.29, 0.717) is 27.2 Å². The molecule has 2 aromatic carbocycles. The van der Waals surface area contributed by atoms with Crippen LogP contribution >= 0.6 is 23.2 Å². The number of hydrogen-bond acceptors (Lipinski definition) is 6. The molecule has 29 heavy (non-hydrogen) atoms. The van der Waals surface area contributed by atoms with Crippen LogP contribution in [0.1, 0.15) is 0 Å². The van der Waals surface area contributed by atoms with Gasteiger partial charge in [0.25, 0.3) is 5.91 Å². The van der Waals surface area contributed by atoms with Gasteiger partial charge in [0.2, 0.25) is 0 Å². The molecule has 0 atom stereocenters. The second-order valence-corrected chi connectivity index (χ2v) is 6.97. The molecule has 0 aliphatic carbocycles. The van der Waals surface area contributed by atoms with Gasteiger partial charge in [-0.15, -0.1) is 0 Å². The first-order valence-corrected chi connectivity index (χ1v) is 9.40. The molecule has 3 rings (SSSR count). The zero-order valence-corrected chi connectivity index (χ0v) is 17.0. The maximum atomic E-state index is 12.6. The molecule has 0 bridgehead atoms. The number of β-amino-alcohol motifs (C(OH)–C–C–N with tert-alkyl or cyclic N) is 1. The van der Waals surface area contributed by atoms with E-state index in [2.05, 4.69) is 5.32 Å². The van der Waals surface area contributed by atoms with Crippen LogP contribution in [0.2, 0.25) is 10.0 Å². The Kier molecular flexibility index (Phi) is 6.64. The lowest BCUT2D eigenvalue weighted by molar-refractivity contribution is -0.136. The fourth-order valence-electron chi connectivity index (χ4n) is 2.81. The summed E-state index contributed by atoms with van der Waals surface area (Å²) in [5, 5.41) is 12.9. The molecule has 2 N–H and O–H groups in total. The second-order valence-electron chi connectivity index (χ2n) is 6.13. The summed E-state index contributed by atoms with van der Waals surface area (Å²) in [7, 11) is 1.24. The summed E-state index contributed by atoms with van der Waals surface area (Å²) in [6.45, 7) is -0.0510. The number of ether oxygens (including phenoxy) is 2. The fourth-order valence-corrected chi connectivity index (χ4v) is 3.21. The molecule has 7 nitrogen and oxygen atoms in total. The number of hydrogen-bond donors (Lipinski definition) is 2. The van der Waals surface area contributed by atoms with Crippen molar-refractivity contribution in [2.45, 2.75) is 0 Å².